The highest BCUT2D eigenvalue weighted by Crippen LogP contribution is 2.16. The van der Waals surface area contributed by atoms with E-state index >= 15 is 0 Å². The molecule has 0 fully saturated rings. The van der Waals surface area contributed by atoms with Gasteiger partial charge in [0.25, 0.3) is 5.91 Å². The molecule has 0 aliphatic heterocycles. The number of alkyl carbamates (subject to hydrolysis) is 1. The van der Waals surface area contributed by atoms with E-state index in [9.17, 15) is 18.4 Å². The fraction of sp³-hybridized carbons (Fsp3) is 0.263. The summed E-state index contributed by atoms with van der Waals surface area (Å²) in [6.45, 7) is 5.44. The minimum atomic E-state index is -0.940. The van der Waals surface area contributed by atoms with E-state index in [1.165, 1.54) is 6.07 Å². The van der Waals surface area contributed by atoms with E-state index in [2.05, 4.69) is 10.6 Å². The smallest absolute Gasteiger partial charge is 0.407 e. The van der Waals surface area contributed by atoms with Gasteiger partial charge in [-0.1, -0.05) is 18.2 Å². The fourth-order valence-corrected chi connectivity index (χ4v) is 2.16. The molecule has 0 unspecified atom stereocenters. The highest BCUT2D eigenvalue weighted by molar-refractivity contribution is 6.04. The first kappa shape index (κ1) is 19.4. The maximum absolute atomic E-state index is 13.7. The molecular formula is C19H20F2N2O3. The number of carbonyl (C=O) groups excluding carboxylic acids is 2. The zero-order valence-electron chi connectivity index (χ0n) is 14.7. The number of hydrogen-bond acceptors (Lipinski definition) is 3. The Labute approximate surface area is 150 Å². The van der Waals surface area contributed by atoms with Crippen LogP contribution in [0.25, 0.3) is 0 Å². The van der Waals surface area contributed by atoms with Gasteiger partial charge in [0, 0.05) is 12.2 Å². The van der Waals surface area contributed by atoms with E-state index < -0.39 is 34.8 Å². The molecule has 2 rings (SSSR count). The largest absolute Gasteiger partial charge is 0.444 e. The lowest BCUT2D eigenvalue weighted by atomic mass is 10.1. The fourth-order valence-electron chi connectivity index (χ4n) is 2.16. The summed E-state index contributed by atoms with van der Waals surface area (Å²) in [5, 5.41) is 5.04. The predicted octanol–water partition coefficient (Wildman–Crippen LogP) is 4.24. The minimum absolute atomic E-state index is 0.173. The third-order valence-corrected chi connectivity index (χ3v) is 3.21. The van der Waals surface area contributed by atoms with E-state index in [-0.39, 0.29) is 6.54 Å². The molecule has 0 bridgehead atoms. The standard InChI is InChI=1S/C19H20F2N2O3/c1-19(2,3)26-18(25)22-11-12-6-4-7-13(10-12)23-17(24)16-14(20)8-5-9-15(16)21/h4-10H,11H2,1-3H3,(H,22,25)(H,23,24). The molecule has 7 heteroatoms. The summed E-state index contributed by atoms with van der Waals surface area (Å²) in [5.74, 6) is -2.77. The van der Waals surface area contributed by atoms with Crippen LogP contribution in [0.5, 0.6) is 0 Å². The highest BCUT2D eigenvalue weighted by Gasteiger charge is 2.18. The second kappa shape index (κ2) is 7.95. The molecule has 2 amide bonds. The van der Waals surface area contributed by atoms with Gasteiger partial charge in [-0.25, -0.2) is 13.6 Å². The Hall–Kier alpha value is -2.96. The van der Waals surface area contributed by atoms with Crippen molar-refractivity contribution in [2.75, 3.05) is 5.32 Å². The number of anilines is 1. The SMILES string of the molecule is CC(C)(C)OC(=O)NCc1cccc(NC(=O)c2c(F)cccc2F)c1. The predicted molar refractivity (Wildman–Crippen MR) is 93.8 cm³/mol. The van der Waals surface area contributed by atoms with Gasteiger partial charge in [-0.3, -0.25) is 4.79 Å². The number of hydrogen-bond donors (Lipinski definition) is 2. The summed E-state index contributed by atoms with van der Waals surface area (Å²) < 4.78 is 32.5. The molecule has 2 N–H and O–H groups in total. The maximum Gasteiger partial charge on any atom is 0.407 e. The topological polar surface area (TPSA) is 67.4 Å². The zero-order chi connectivity index (χ0) is 19.3. The monoisotopic (exact) mass is 362 g/mol. The van der Waals surface area contributed by atoms with Crippen molar-refractivity contribution in [3.05, 3.63) is 65.2 Å². The van der Waals surface area contributed by atoms with Gasteiger partial charge in [0.1, 0.15) is 22.8 Å². The first-order valence-electron chi connectivity index (χ1n) is 7.97. The van der Waals surface area contributed by atoms with Crippen molar-refractivity contribution >= 4 is 17.7 Å². The first-order valence-corrected chi connectivity index (χ1v) is 7.97. The number of benzene rings is 2. The third kappa shape index (κ3) is 5.54. The number of carbonyl (C=O) groups is 2. The highest BCUT2D eigenvalue weighted by atomic mass is 19.1. The van der Waals surface area contributed by atoms with Crippen molar-refractivity contribution in [2.45, 2.75) is 32.9 Å². The lowest BCUT2D eigenvalue weighted by Crippen LogP contribution is -2.32. The molecule has 138 valence electrons. The molecule has 0 radical (unpaired) electrons. The van der Waals surface area contributed by atoms with Crippen LogP contribution in [0.4, 0.5) is 19.3 Å². The van der Waals surface area contributed by atoms with E-state index in [1.807, 2.05) is 0 Å². The van der Waals surface area contributed by atoms with E-state index in [0.717, 1.165) is 12.1 Å². The van der Waals surface area contributed by atoms with Crippen LogP contribution in [-0.2, 0) is 11.3 Å². The van der Waals surface area contributed by atoms with E-state index in [4.69, 9.17) is 4.74 Å². The molecule has 0 atom stereocenters. The molecular weight excluding hydrogens is 342 g/mol. The number of nitrogens with one attached hydrogen (secondary N) is 2. The molecule has 2 aromatic rings. The van der Waals surface area contributed by atoms with Gasteiger partial charge in [-0.15, -0.1) is 0 Å². The first-order chi connectivity index (χ1) is 12.2. The Bertz CT molecular complexity index is 796. The number of halogens is 2. The lowest BCUT2D eigenvalue weighted by Gasteiger charge is -2.19. The van der Waals surface area contributed by atoms with Crippen LogP contribution in [0.3, 0.4) is 0 Å². The normalized spacial score (nSPS) is 11.0. The molecule has 0 heterocycles. The zero-order valence-corrected chi connectivity index (χ0v) is 14.7. The average Bonchev–Trinajstić information content (AvgIpc) is 2.51. The van der Waals surface area contributed by atoms with Crippen LogP contribution in [-0.4, -0.2) is 17.6 Å². The van der Waals surface area contributed by atoms with Crippen molar-refractivity contribution in [3.63, 3.8) is 0 Å². The number of rotatable bonds is 4. The van der Waals surface area contributed by atoms with Crippen molar-refractivity contribution < 1.29 is 23.1 Å². The Morgan fingerprint density at radius 1 is 1.04 bits per heavy atom. The minimum Gasteiger partial charge on any atom is -0.444 e. The van der Waals surface area contributed by atoms with Crippen molar-refractivity contribution in [1.29, 1.82) is 0 Å². The van der Waals surface area contributed by atoms with Crippen molar-refractivity contribution in [3.8, 4) is 0 Å². The Morgan fingerprint density at radius 3 is 2.27 bits per heavy atom. The molecule has 0 saturated heterocycles. The van der Waals surface area contributed by atoms with Crippen molar-refractivity contribution in [2.24, 2.45) is 0 Å². The summed E-state index contributed by atoms with van der Waals surface area (Å²) in [5.41, 5.74) is -0.224. The van der Waals surface area contributed by atoms with Crippen molar-refractivity contribution in [1.82, 2.24) is 5.32 Å². The Morgan fingerprint density at radius 2 is 1.65 bits per heavy atom. The van der Waals surface area contributed by atoms with E-state index in [0.29, 0.717) is 11.3 Å². The van der Waals surface area contributed by atoms with Gasteiger partial charge < -0.3 is 15.4 Å². The summed E-state index contributed by atoms with van der Waals surface area (Å²) >= 11 is 0. The lowest BCUT2D eigenvalue weighted by molar-refractivity contribution is 0.0523. The van der Waals surface area contributed by atoms with E-state index in [1.54, 1.807) is 45.0 Å². The molecule has 26 heavy (non-hydrogen) atoms. The molecule has 0 aromatic heterocycles. The third-order valence-electron chi connectivity index (χ3n) is 3.21. The van der Waals surface area contributed by atoms with Gasteiger partial charge in [0.05, 0.1) is 0 Å². The summed E-state index contributed by atoms with van der Waals surface area (Å²) in [7, 11) is 0. The number of ether oxygens (including phenoxy) is 1. The Kier molecular flexibility index (Phi) is 5.92. The van der Waals surface area contributed by atoms with Crippen LogP contribution in [0.2, 0.25) is 0 Å². The summed E-state index contributed by atoms with van der Waals surface area (Å²) in [6.07, 6.45) is -0.569. The van der Waals surface area contributed by atoms with Crippen LogP contribution in [0.1, 0.15) is 36.7 Å². The van der Waals surface area contributed by atoms with Gasteiger partial charge in [-0.2, -0.15) is 0 Å². The Balaban J connectivity index is 2.03. The number of amides is 2. The summed E-state index contributed by atoms with van der Waals surface area (Å²) in [6, 6.07) is 9.76. The average molecular weight is 362 g/mol. The van der Waals surface area contributed by atoms with Gasteiger partial charge in [-0.05, 0) is 50.6 Å². The second-order valence-electron chi connectivity index (χ2n) is 6.61. The molecule has 0 aliphatic rings. The molecule has 0 aliphatic carbocycles. The molecule has 5 nitrogen and oxygen atoms in total. The van der Waals surface area contributed by atoms with Crippen LogP contribution < -0.4 is 10.6 Å². The second-order valence-corrected chi connectivity index (χ2v) is 6.61. The van der Waals surface area contributed by atoms with Gasteiger partial charge in [0.15, 0.2) is 0 Å². The quantitative estimate of drug-likeness (QED) is 0.855. The molecule has 0 saturated carbocycles. The van der Waals surface area contributed by atoms with Gasteiger partial charge in [0.2, 0.25) is 0 Å². The van der Waals surface area contributed by atoms with Crippen LogP contribution in [0.15, 0.2) is 42.5 Å². The molecule has 0 spiro atoms. The van der Waals surface area contributed by atoms with Crippen LogP contribution in [0, 0.1) is 11.6 Å². The van der Waals surface area contributed by atoms with Crippen LogP contribution >= 0.6 is 0 Å². The summed E-state index contributed by atoms with van der Waals surface area (Å²) in [4.78, 5) is 23.8. The van der Waals surface area contributed by atoms with Gasteiger partial charge >= 0.3 is 6.09 Å². The maximum atomic E-state index is 13.7. The molecule has 2 aromatic carbocycles.